The Labute approximate surface area is 184 Å². The summed E-state index contributed by atoms with van der Waals surface area (Å²) in [4.78, 5) is 25.8. The highest BCUT2D eigenvalue weighted by molar-refractivity contribution is 7.99. The van der Waals surface area contributed by atoms with E-state index in [1.165, 1.54) is 47.5 Å². The number of carbonyl (C=O) groups is 1. The van der Waals surface area contributed by atoms with Crippen molar-refractivity contribution < 1.29 is 9.18 Å². The zero-order chi connectivity index (χ0) is 21.6. The minimum atomic E-state index is -0.301. The van der Waals surface area contributed by atoms with Crippen LogP contribution in [0.2, 0.25) is 0 Å². The van der Waals surface area contributed by atoms with Crippen LogP contribution in [0.4, 0.5) is 4.39 Å². The van der Waals surface area contributed by atoms with Crippen LogP contribution in [0.1, 0.15) is 48.9 Å². The largest absolute Gasteiger partial charge is 0.349 e. The maximum Gasteiger partial charge on any atom is 0.271 e. The molecule has 0 spiro atoms. The summed E-state index contributed by atoms with van der Waals surface area (Å²) >= 11 is 1.34. The molecule has 0 saturated heterocycles. The molecule has 7 heteroatoms. The van der Waals surface area contributed by atoms with Crippen molar-refractivity contribution >= 4 is 17.7 Å². The highest BCUT2D eigenvalue weighted by Gasteiger charge is 2.16. The van der Waals surface area contributed by atoms with Gasteiger partial charge in [0.1, 0.15) is 10.8 Å². The second-order valence-electron chi connectivity index (χ2n) is 7.69. The molecule has 160 valence electrons. The van der Waals surface area contributed by atoms with Gasteiger partial charge < -0.3 is 5.32 Å². The normalized spacial score (nSPS) is 14.7. The Balaban J connectivity index is 1.48. The second-order valence-corrected chi connectivity index (χ2v) is 8.78. The van der Waals surface area contributed by atoms with Crippen molar-refractivity contribution in [3.8, 4) is 5.69 Å². The van der Waals surface area contributed by atoms with E-state index in [1.807, 2.05) is 0 Å². The highest BCUT2D eigenvalue weighted by atomic mass is 32.2. The van der Waals surface area contributed by atoms with Gasteiger partial charge in [0.2, 0.25) is 0 Å². The van der Waals surface area contributed by atoms with Gasteiger partial charge in [0.25, 0.3) is 11.5 Å². The van der Waals surface area contributed by atoms with Gasteiger partial charge in [-0.3, -0.25) is 9.59 Å². The Kier molecular flexibility index (Phi) is 6.82. The third-order valence-electron chi connectivity index (χ3n) is 5.38. The average Bonchev–Trinajstić information content (AvgIpc) is 3.05. The van der Waals surface area contributed by atoms with Gasteiger partial charge in [0, 0.05) is 22.6 Å². The Morgan fingerprint density at radius 1 is 0.935 bits per heavy atom. The molecule has 0 radical (unpaired) electrons. The van der Waals surface area contributed by atoms with Crippen LogP contribution in [0, 0.1) is 5.82 Å². The topological polar surface area (TPSA) is 64.0 Å². The molecule has 1 saturated carbocycles. The van der Waals surface area contributed by atoms with E-state index >= 15 is 0 Å². The van der Waals surface area contributed by atoms with Gasteiger partial charge in [-0.2, -0.15) is 9.78 Å². The Hall–Kier alpha value is -2.93. The lowest BCUT2D eigenvalue weighted by Gasteiger charge is -2.16. The molecule has 4 rings (SSSR count). The molecule has 1 amide bonds. The van der Waals surface area contributed by atoms with Crippen LogP contribution < -0.4 is 10.9 Å². The minimum Gasteiger partial charge on any atom is -0.349 e. The maximum absolute atomic E-state index is 13.1. The number of nitrogens with zero attached hydrogens (tertiary/aromatic N) is 2. The van der Waals surface area contributed by atoms with Crippen molar-refractivity contribution in [3.05, 3.63) is 82.4 Å². The summed E-state index contributed by atoms with van der Waals surface area (Å²) in [7, 11) is 0. The number of amides is 1. The lowest BCUT2D eigenvalue weighted by molar-refractivity contribution is 0.0933. The molecule has 0 unspecified atom stereocenters. The van der Waals surface area contributed by atoms with Gasteiger partial charge in [-0.25, -0.2) is 4.39 Å². The van der Waals surface area contributed by atoms with Crippen molar-refractivity contribution in [2.75, 3.05) is 0 Å². The van der Waals surface area contributed by atoms with Crippen LogP contribution in [-0.2, 0) is 0 Å². The van der Waals surface area contributed by atoms with Crippen LogP contribution in [-0.4, -0.2) is 21.7 Å². The fourth-order valence-corrected chi connectivity index (χ4v) is 4.48. The van der Waals surface area contributed by atoms with Crippen molar-refractivity contribution in [1.29, 1.82) is 0 Å². The van der Waals surface area contributed by atoms with Gasteiger partial charge in [-0.05, 0) is 67.4 Å². The van der Waals surface area contributed by atoms with E-state index in [9.17, 15) is 14.0 Å². The molecular formula is C24H24FN3O2S. The van der Waals surface area contributed by atoms with Crippen molar-refractivity contribution in [3.63, 3.8) is 0 Å². The number of carbonyl (C=O) groups excluding carboxylic acids is 1. The van der Waals surface area contributed by atoms with Gasteiger partial charge >= 0.3 is 0 Å². The summed E-state index contributed by atoms with van der Waals surface area (Å²) in [5.41, 5.74) is 0.884. The molecule has 1 aliphatic rings. The predicted octanol–water partition coefficient (Wildman–Crippen LogP) is 4.98. The summed E-state index contributed by atoms with van der Waals surface area (Å²) in [6, 6.07) is 16.3. The standard InChI is InChI=1S/C24H24FN3O2S/c25-18-9-13-21(14-10-18)31-22-15-16-23(29)28(27-22)20-11-7-17(8-12-20)24(30)26-19-5-3-1-2-4-6-19/h7-16,19H,1-6H2,(H,26,30). The molecule has 3 aromatic rings. The van der Waals surface area contributed by atoms with E-state index in [2.05, 4.69) is 10.4 Å². The molecule has 1 N–H and O–H groups in total. The van der Waals surface area contributed by atoms with Gasteiger partial charge in [-0.1, -0.05) is 37.4 Å². The first-order valence-electron chi connectivity index (χ1n) is 10.5. The summed E-state index contributed by atoms with van der Waals surface area (Å²) in [6.45, 7) is 0. The van der Waals surface area contributed by atoms with Crippen molar-refractivity contribution in [2.24, 2.45) is 0 Å². The van der Waals surface area contributed by atoms with Crippen molar-refractivity contribution in [1.82, 2.24) is 15.1 Å². The molecule has 0 bridgehead atoms. The first kappa shape index (κ1) is 21.3. The zero-order valence-electron chi connectivity index (χ0n) is 17.1. The Morgan fingerprint density at radius 2 is 1.61 bits per heavy atom. The lowest BCUT2D eigenvalue weighted by Crippen LogP contribution is -2.34. The Bertz CT molecular complexity index is 1090. The third kappa shape index (κ3) is 5.61. The van der Waals surface area contributed by atoms with E-state index in [1.54, 1.807) is 42.5 Å². The molecule has 1 aliphatic carbocycles. The number of hydrogen-bond acceptors (Lipinski definition) is 4. The monoisotopic (exact) mass is 437 g/mol. The SMILES string of the molecule is O=C(NC1CCCCCC1)c1ccc(-n2nc(Sc3ccc(F)cc3)ccc2=O)cc1. The highest BCUT2D eigenvalue weighted by Crippen LogP contribution is 2.25. The predicted molar refractivity (Wildman–Crippen MR) is 119 cm³/mol. The molecule has 1 aromatic heterocycles. The molecule has 0 aliphatic heterocycles. The molecule has 0 atom stereocenters. The number of nitrogens with one attached hydrogen (secondary N) is 1. The number of hydrogen-bond donors (Lipinski definition) is 1. The molecule has 5 nitrogen and oxygen atoms in total. The lowest BCUT2D eigenvalue weighted by atomic mass is 10.1. The van der Waals surface area contributed by atoms with Gasteiger partial charge in [0.15, 0.2) is 0 Å². The summed E-state index contributed by atoms with van der Waals surface area (Å²) in [6.07, 6.45) is 6.85. The minimum absolute atomic E-state index is 0.0839. The van der Waals surface area contributed by atoms with Crippen LogP contribution in [0.3, 0.4) is 0 Å². The fraction of sp³-hybridized carbons (Fsp3) is 0.292. The fourth-order valence-electron chi connectivity index (χ4n) is 3.70. The van der Waals surface area contributed by atoms with E-state index in [0.717, 1.165) is 30.6 Å². The molecule has 1 fully saturated rings. The maximum atomic E-state index is 13.1. The van der Waals surface area contributed by atoms with Crippen LogP contribution in [0.25, 0.3) is 5.69 Å². The first-order valence-corrected chi connectivity index (χ1v) is 11.4. The summed E-state index contributed by atoms with van der Waals surface area (Å²) < 4.78 is 14.4. The smallest absolute Gasteiger partial charge is 0.271 e. The molecule has 1 heterocycles. The zero-order valence-corrected chi connectivity index (χ0v) is 17.9. The summed E-state index contributed by atoms with van der Waals surface area (Å²) in [5.74, 6) is -0.384. The quantitative estimate of drug-likeness (QED) is 0.572. The van der Waals surface area contributed by atoms with Gasteiger partial charge in [0.05, 0.1) is 5.69 Å². The Morgan fingerprint density at radius 3 is 2.29 bits per heavy atom. The molecular weight excluding hydrogens is 413 g/mol. The first-order chi connectivity index (χ1) is 15.1. The van der Waals surface area contributed by atoms with E-state index in [4.69, 9.17) is 0 Å². The van der Waals surface area contributed by atoms with E-state index in [-0.39, 0.29) is 23.3 Å². The van der Waals surface area contributed by atoms with Gasteiger partial charge in [-0.15, -0.1) is 0 Å². The van der Waals surface area contributed by atoms with Crippen molar-refractivity contribution in [2.45, 2.75) is 54.5 Å². The number of benzene rings is 2. The van der Waals surface area contributed by atoms with Crippen LogP contribution in [0.5, 0.6) is 0 Å². The number of halogens is 1. The number of rotatable bonds is 5. The summed E-state index contributed by atoms with van der Waals surface area (Å²) in [5, 5.41) is 8.16. The molecule has 31 heavy (non-hydrogen) atoms. The number of aromatic nitrogens is 2. The average molecular weight is 438 g/mol. The van der Waals surface area contributed by atoms with E-state index in [0.29, 0.717) is 16.3 Å². The van der Waals surface area contributed by atoms with E-state index < -0.39 is 0 Å². The molecule has 2 aromatic carbocycles. The van der Waals surface area contributed by atoms with Crippen LogP contribution in [0.15, 0.2) is 75.4 Å². The third-order valence-corrected chi connectivity index (χ3v) is 6.31. The second kappa shape index (κ2) is 9.92. The van der Waals surface area contributed by atoms with Crippen LogP contribution >= 0.6 is 11.8 Å².